The van der Waals surface area contributed by atoms with Crippen molar-refractivity contribution >= 4 is 11.9 Å². The zero-order valence-electron chi connectivity index (χ0n) is 9.77. The molecule has 98 valence electrons. The number of nitrogens with one attached hydrogen (secondary N) is 2. The van der Waals surface area contributed by atoms with Crippen molar-refractivity contribution in [2.75, 3.05) is 0 Å². The van der Waals surface area contributed by atoms with Gasteiger partial charge in [0, 0.05) is 24.6 Å². The average molecular weight is 254 g/mol. The van der Waals surface area contributed by atoms with Gasteiger partial charge in [-0.1, -0.05) is 0 Å². The van der Waals surface area contributed by atoms with Gasteiger partial charge in [0.15, 0.2) is 5.88 Å². The second kappa shape index (κ2) is 5.85. The third kappa shape index (κ3) is 4.28. The van der Waals surface area contributed by atoms with Crippen LogP contribution in [0.4, 0.5) is 0 Å². The topological polar surface area (TPSA) is 119 Å². The van der Waals surface area contributed by atoms with Crippen LogP contribution in [0.15, 0.2) is 16.9 Å². The lowest BCUT2D eigenvalue weighted by molar-refractivity contribution is -0.137. The van der Waals surface area contributed by atoms with Crippen LogP contribution in [0.3, 0.4) is 0 Å². The van der Waals surface area contributed by atoms with Gasteiger partial charge >= 0.3 is 5.97 Å². The average Bonchev–Trinajstić information content (AvgIpc) is 2.25. The molecule has 18 heavy (non-hydrogen) atoms. The monoisotopic (exact) mass is 254 g/mol. The zero-order chi connectivity index (χ0) is 13.7. The van der Waals surface area contributed by atoms with E-state index >= 15 is 0 Å². The number of pyridine rings is 1. The molecular weight excluding hydrogens is 240 g/mol. The van der Waals surface area contributed by atoms with E-state index in [0.29, 0.717) is 0 Å². The molecule has 1 unspecified atom stereocenters. The van der Waals surface area contributed by atoms with Gasteiger partial charge in [0.2, 0.25) is 0 Å². The van der Waals surface area contributed by atoms with Crippen LogP contribution in [0.1, 0.15) is 30.1 Å². The maximum absolute atomic E-state index is 11.7. The van der Waals surface area contributed by atoms with Gasteiger partial charge in [0.05, 0.1) is 5.56 Å². The number of aliphatic carboxylic acids is 1. The smallest absolute Gasteiger partial charge is 0.303 e. The molecule has 1 amide bonds. The molecule has 7 nitrogen and oxygen atoms in total. The Bertz CT molecular complexity index is 508. The molecule has 1 heterocycles. The van der Waals surface area contributed by atoms with Crippen LogP contribution in [0.2, 0.25) is 0 Å². The van der Waals surface area contributed by atoms with Crippen LogP contribution in [0.25, 0.3) is 0 Å². The van der Waals surface area contributed by atoms with Crippen LogP contribution >= 0.6 is 0 Å². The van der Waals surface area contributed by atoms with E-state index in [1.54, 1.807) is 6.92 Å². The molecule has 0 aliphatic heterocycles. The van der Waals surface area contributed by atoms with Crippen molar-refractivity contribution in [3.63, 3.8) is 0 Å². The van der Waals surface area contributed by atoms with Crippen molar-refractivity contribution in [1.82, 2.24) is 10.3 Å². The first-order valence-corrected chi connectivity index (χ1v) is 5.34. The molecule has 1 aromatic heterocycles. The number of hydrogen-bond donors (Lipinski definition) is 4. The number of carboxylic acids is 1. The number of rotatable bonds is 5. The Morgan fingerprint density at radius 1 is 1.44 bits per heavy atom. The fraction of sp³-hybridized carbons (Fsp3) is 0.364. The van der Waals surface area contributed by atoms with E-state index in [1.807, 2.05) is 0 Å². The van der Waals surface area contributed by atoms with Crippen molar-refractivity contribution in [2.45, 2.75) is 25.8 Å². The number of carbonyl (C=O) groups excluding carboxylic acids is 1. The van der Waals surface area contributed by atoms with E-state index in [9.17, 15) is 14.4 Å². The maximum atomic E-state index is 11.7. The summed E-state index contributed by atoms with van der Waals surface area (Å²) in [5.74, 6) is -1.87. The van der Waals surface area contributed by atoms with Crippen LogP contribution in [0, 0.1) is 0 Å². The lowest BCUT2D eigenvalue weighted by Crippen LogP contribution is -2.33. The molecule has 0 aromatic carbocycles. The molecule has 0 aliphatic rings. The summed E-state index contributed by atoms with van der Waals surface area (Å²) in [6, 6.07) is 1.84. The molecule has 0 saturated heterocycles. The summed E-state index contributed by atoms with van der Waals surface area (Å²) in [5, 5.41) is 20.2. The number of amides is 1. The van der Waals surface area contributed by atoms with Crippen molar-refractivity contribution < 1.29 is 19.8 Å². The number of carboxylic acid groups (broad SMARTS) is 1. The van der Waals surface area contributed by atoms with Gasteiger partial charge < -0.3 is 15.5 Å². The Morgan fingerprint density at radius 2 is 2.11 bits per heavy atom. The van der Waals surface area contributed by atoms with Crippen molar-refractivity contribution in [3.8, 4) is 5.88 Å². The number of carbonyl (C=O) groups is 2. The highest BCUT2D eigenvalue weighted by atomic mass is 16.4. The molecule has 1 atom stereocenters. The molecule has 0 spiro atoms. The molecule has 1 rings (SSSR count). The second-order valence-corrected chi connectivity index (χ2v) is 3.93. The first-order valence-electron chi connectivity index (χ1n) is 5.34. The molecule has 1 aromatic rings. The predicted octanol–water partition coefficient (Wildman–Crippen LogP) is 0.0636. The first kappa shape index (κ1) is 13.8. The molecular formula is C11H14N2O5. The minimum absolute atomic E-state index is 0.0263. The van der Waals surface area contributed by atoms with Crippen molar-refractivity contribution in [2.24, 2.45) is 0 Å². The zero-order valence-corrected chi connectivity index (χ0v) is 9.77. The third-order valence-corrected chi connectivity index (χ3v) is 2.26. The highest BCUT2D eigenvalue weighted by molar-refractivity contribution is 5.94. The largest absolute Gasteiger partial charge is 0.494 e. The Labute approximate surface area is 102 Å². The van der Waals surface area contributed by atoms with E-state index in [4.69, 9.17) is 10.2 Å². The van der Waals surface area contributed by atoms with Crippen LogP contribution in [-0.4, -0.2) is 33.1 Å². The number of hydrogen-bond acceptors (Lipinski definition) is 4. The van der Waals surface area contributed by atoms with E-state index in [0.717, 1.165) is 12.1 Å². The summed E-state index contributed by atoms with van der Waals surface area (Å²) in [5.41, 5.74) is -0.559. The van der Waals surface area contributed by atoms with Gasteiger partial charge in [0.1, 0.15) is 0 Å². The van der Waals surface area contributed by atoms with Gasteiger partial charge in [-0.05, 0) is 13.3 Å². The van der Waals surface area contributed by atoms with E-state index in [1.165, 1.54) is 0 Å². The van der Waals surface area contributed by atoms with Gasteiger partial charge in [-0.25, -0.2) is 0 Å². The summed E-state index contributed by atoms with van der Waals surface area (Å²) in [4.78, 5) is 35.2. The molecule has 4 N–H and O–H groups in total. The normalized spacial score (nSPS) is 11.8. The van der Waals surface area contributed by atoms with Gasteiger partial charge in [-0.2, -0.15) is 0 Å². The Kier molecular flexibility index (Phi) is 4.47. The minimum atomic E-state index is -0.940. The van der Waals surface area contributed by atoms with Gasteiger partial charge in [-0.3, -0.25) is 19.4 Å². The van der Waals surface area contributed by atoms with E-state index in [2.05, 4.69) is 10.3 Å². The molecule has 0 bridgehead atoms. The molecule has 0 radical (unpaired) electrons. The molecule has 0 aliphatic carbocycles. The highest BCUT2D eigenvalue weighted by Crippen LogP contribution is 2.05. The summed E-state index contributed by atoms with van der Waals surface area (Å²) < 4.78 is 0. The lowest BCUT2D eigenvalue weighted by Gasteiger charge is -2.12. The molecule has 0 fully saturated rings. The van der Waals surface area contributed by atoms with Gasteiger partial charge in [-0.15, -0.1) is 0 Å². The van der Waals surface area contributed by atoms with Gasteiger partial charge in [0.25, 0.3) is 11.5 Å². The summed E-state index contributed by atoms with van der Waals surface area (Å²) in [6.07, 6.45) is 0.234. The lowest BCUT2D eigenvalue weighted by atomic mass is 10.1. The van der Waals surface area contributed by atoms with Crippen molar-refractivity contribution in [3.05, 3.63) is 28.0 Å². The number of aromatic nitrogens is 1. The van der Waals surface area contributed by atoms with Crippen LogP contribution in [0.5, 0.6) is 5.88 Å². The Morgan fingerprint density at radius 3 is 2.67 bits per heavy atom. The minimum Gasteiger partial charge on any atom is -0.494 e. The summed E-state index contributed by atoms with van der Waals surface area (Å²) in [6.45, 7) is 1.66. The third-order valence-electron chi connectivity index (χ3n) is 2.26. The molecule has 7 heteroatoms. The Balaban J connectivity index is 2.64. The Hall–Kier alpha value is -2.31. The SMILES string of the molecule is CC(CCC(=O)O)NC(=O)c1cc(O)[nH]c(=O)c1. The van der Waals surface area contributed by atoms with Crippen molar-refractivity contribution in [1.29, 1.82) is 0 Å². The van der Waals surface area contributed by atoms with Crippen LogP contribution in [-0.2, 0) is 4.79 Å². The predicted molar refractivity (Wildman–Crippen MR) is 62.5 cm³/mol. The summed E-state index contributed by atoms with van der Waals surface area (Å²) in [7, 11) is 0. The maximum Gasteiger partial charge on any atom is 0.303 e. The second-order valence-electron chi connectivity index (χ2n) is 3.93. The fourth-order valence-corrected chi connectivity index (χ4v) is 1.38. The highest BCUT2D eigenvalue weighted by Gasteiger charge is 2.12. The van der Waals surface area contributed by atoms with Crippen LogP contribution < -0.4 is 10.9 Å². The van der Waals surface area contributed by atoms with E-state index in [-0.39, 0.29) is 24.4 Å². The molecule has 0 saturated carbocycles. The van der Waals surface area contributed by atoms with E-state index < -0.39 is 23.3 Å². The summed E-state index contributed by atoms with van der Waals surface area (Å²) >= 11 is 0. The first-order chi connectivity index (χ1) is 8.38. The number of aromatic amines is 1. The fourth-order valence-electron chi connectivity index (χ4n) is 1.38. The number of aromatic hydroxyl groups is 1. The number of H-pyrrole nitrogens is 1. The quantitative estimate of drug-likeness (QED) is 0.592. The standard InChI is InChI=1S/C11H14N2O5/c1-6(2-3-10(16)17)12-11(18)7-4-8(14)13-9(15)5-7/h4-6H,2-3H2,1H3,(H,12,18)(H,16,17)(H2,13,14,15).